The average Bonchev–Trinajstić information content (AvgIpc) is 2.74. The summed E-state index contributed by atoms with van der Waals surface area (Å²) in [4.78, 5) is 3.82. The first-order valence-electron chi connectivity index (χ1n) is 6.40. The van der Waals surface area contributed by atoms with E-state index in [1.54, 1.807) is 0 Å². The van der Waals surface area contributed by atoms with Crippen molar-refractivity contribution in [2.75, 3.05) is 32.0 Å². The third kappa shape index (κ3) is 3.24. The summed E-state index contributed by atoms with van der Waals surface area (Å²) >= 11 is 1.96. The maximum absolute atomic E-state index is 9.09. The molecule has 0 amide bonds. The van der Waals surface area contributed by atoms with Gasteiger partial charge in [0.25, 0.3) is 0 Å². The van der Waals surface area contributed by atoms with Crippen LogP contribution in [0.15, 0.2) is 29.2 Å². The van der Waals surface area contributed by atoms with Crippen LogP contribution in [0.5, 0.6) is 0 Å². The second kappa shape index (κ2) is 6.43. The molecule has 0 bridgehead atoms. The molecule has 94 valence electrons. The number of nitrogens with zero attached hydrogens (tertiary/aromatic N) is 1. The molecule has 17 heavy (non-hydrogen) atoms. The van der Waals surface area contributed by atoms with Gasteiger partial charge in [0.2, 0.25) is 0 Å². The molecule has 0 aromatic heterocycles. The number of benzene rings is 1. The van der Waals surface area contributed by atoms with Crippen molar-refractivity contribution in [1.82, 2.24) is 4.90 Å². The molecule has 1 N–H and O–H groups in total. The van der Waals surface area contributed by atoms with Crippen molar-refractivity contribution in [3.63, 3.8) is 0 Å². The summed E-state index contributed by atoms with van der Waals surface area (Å²) in [6.07, 6.45) is 1.15. The Morgan fingerprint density at radius 1 is 1.35 bits per heavy atom. The normalized spacial score (nSPS) is 18.6. The third-order valence-electron chi connectivity index (χ3n) is 3.23. The van der Waals surface area contributed by atoms with Gasteiger partial charge in [-0.05, 0) is 24.6 Å². The van der Waals surface area contributed by atoms with E-state index in [4.69, 9.17) is 5.11 Å². The molecule has 2 rings (SSSR count). The molecule has 1 aromatic carbocycles. The van der Waals surface area contributed by atoms with Crippen molar-refractivity contribution in [2.24, 2.45) is 0 Å². The summed E-state index contributed by atoms with van der Waals surface area (Å²) in [6, 6.07) is 8.72. The molecule has 0 aliphatic carbocycles. The van der Waals surface area contributed by atoms with Crippen LogP contribution in [0.2, 0.25) is 0 Å². The maximum atomic E-state index is 9.09. The first-order chi connectivity index (χ1) is 8.35. The monoisotopic (exact) mass is 251 g/mol. The highest BCUT2D eigenvalue weighted by atomic mass is 32.2. The summed E-state index contributed by atoms with van der Waals surface area (Å²) in [7, 11) is 0. The van der Waals surface area contributed by atoms with Gasteiger partial charge in [0.1, 0.15) is 0 Å². The molecule has 0 fully saturated rings. The second-order valence-electron chi connectivity index (χ2n) is 4.57. The molecule has 3 heteroatoms. The Hall–Kier alpha value is -0.510. The summed E-state index contributed by atoms with van der Waals surface area (Å²) in [6.45, 7) is 5.43. The van der Waals surface area contributed by atoms with E-state index in [9.17, 15) is 0 Å². The van der Waals surface area contributed by atoms with Crippen LogP contribution in [0.4, 0.5) is 0 Å². The Balaban J connectivity index is 1.99. The Morgan fingerprint density at radius 3 is 2.94 bits per heavy atom. The Morgan fingerprint density at radius 2 is 2.18 bits per heavy atom. The van der Waals surface area contributed by atoms with Crippen LogP contribution >= 0.6 is 11.8 Å². The van der Waals surface area contributed by atoms with Crippen LogP contribution in [0, 0.1) is 0 Å². The van der Waals surface area contributed by atoms with E-state index in [2.05, 4.69) is 36.1 Å². The van der Waals surface area contributed by atoms with Crippen molar-refractivity contribution in [3.05, 3.63) is 29.8 Å². The molecular formula is C14H21NOS. The molecule has 1 aliphatic heterocycles. The minimum absolute atomic E-state index is 0.265. The van der Waals surface area contributed by atoms with E-state index in [0.717, 1.165) is 26.1 Å². The Labute approximate surface area is 108 Å². The molecule has 1 atom stereocenters. The summed E-state index contributed by atoms with van der Waals surface area (Å²) in [5.74, 6) is 1.82. The van der Waals surface area contributed by atoms with Gasteiger partial charge in [-0.1, -0.05) is 25.1 Å². The molecule has 1 aliphatic rings. The number of thioether (sulfide) groups is 1. The Kier molecular flexibility index (Phi) is 4.89. The molecule has 0 spiro atoms. The molecular weight excluding hydrogens is 230 g/mol. The van der Waals surface area contributed by atoms with Crippen LogP contribution < -0.4 is 0 Å². The largest absolute Gasteiger partial charge is 0.395 e. The van der Waals surface area contributed by atoms with E-state index < -0.39 is 0 Å². The fourth-order valence-corrected chi connectivity index (χ4v) is 3.69. The molecule has 1 unspecified atom stereocenters. The zero-order valence-corrected chi connectivity index (χ0v) is 11.2. The fourth-order valence-electron chi connectivity index (χ4n) is 2.44. The zero-order valence-electron chi connectivity index (χ0n) is 10.4. The van der Waals surface area contributed by atoms with Crippen molar-refractivity contribution in [3.8, 4) is 0 Å². The smallest absolute Gasteiger partial charge is 0.0558 e. The number of fused-ring (bicyclic) bond motifs is 1. The van der Waals surface area contributed by atoms with Crippen molar-refractivity contribution in [2.45, 2.75) is 24.2 Å². The van der Waals surface area contributed by atoms with Gasteiger partial charge in [0.05, 0.1) is 6.61 Å². The predicted molar refractivity (Wildman–Crippen MR) is 73.7 cm³/mol. The van der Waals surface area contributed by atoms with Crippen LogP contribution in [-0.4, -0.2) is 42.0 Å². The number of hydrogen-bond donors (Lipinski definition) is 1. The third-order valence-corrected chi connectivity index (χ3v) is 4.49. The number of rotatable bonds is 6. The summed E-state index contributed by atoms with van der Waals surface area (Å²) < 4.78 is 0. The quantitative estimate of drug-likeness (QED) is 0.840. The standard InChI is InChI=1S/C14H21NOS/c1-2-7-15(8-9-16)10-12-11-17-14-6-4-3-5-13(12)14/h3-6,12,16H,2,7-11H2,1H3. The van der Waals surface area contributed by atoms with Gasteiger partial charge >= 0.3 is 0 Å². The zero-order chi connectivity index (χ0) is 12.1. The Bertz CT molecular complexity index is 350. The first-order valence-corrected chi connectivity index (χ1v) is 7.38. The highest BCUT2D eigenvalue weighted by molar-refractivity contribution is 7.99. The van der Waals surface area contributed by atoms with Crippen LogP contribution in [0.3, 0.4) is 0 Å². The average molecular weight is 251 g/mol. The lowest BCUT2D eigenvalue weighted by Gasteiger charge is -2.24. The summed E-state index contributed by atoms with van der Waals surface area (Å²) in [5.41, 5.74) is 1.50. The lowest BCUT2D eigenvalue weighted by molar-refractivity contribution is 0.190. The topological polar surface area (TPSA) is 23.5 Å². The lowest BCUT2D eigenvalue weighted by Crippen LogP contribution is -2.32. The van der Waals surface area contributed by atoms with E-state index in [1.807, 2.05) is 11.8 Å². The molecule has 1 aromatic rings. The van der Waals surface area contributed by atoms with Gasteiger partial charge in [0.15, 0.2) is 0 Å². The second-order valence-corrected chi connectivity index (χ2v) is 5.63. The molecule has 2 nitrogen and oxygen atoms in total. The number of aliphatic hydroxyl groups excluding tert-OH is 1. The molecule has 1 heterocycles. The number of aliphatic hydroxyl groups is 1. The van der Waals surface area contributed by atoms with E-state index in [-0.39, 0.29) is 6.61 Å². The number of hydrogen-bond acceptors (Lipinski definition) is 3. The van der Waals surface area contributed by atoms with E-state index >= 15 is 0 Å². The van der Waals surface area contributed by atoms with Gasteiger partial charge in [-0.2, -0.15) is 0 Å². The van der Waals surface area contributed by atoms with Crippen LogP contribution in [0.25, 0.3) is 0 Å². The minimum Gasteiger partial charge on any atom is -0.395 e. The van der Waals surface area contributed by atoms with Crippen molar-refractivity contribution in [1.29, 1.82) is 0 Å². The molecule has 0 saturated heterocycles. The van der Waals surface area contributed by atoms with E-state index in [1.165, 1.54) is 16.2 Å². The lowest BCUT2D eigenvalue weighted by atomic mass is 10.0. The van der Waals surface area contributed by atoms with Crippen LogP contribution in [0.1, 0.15) is 24.8 Å². The first kappa shape index (κ1) is 12.9. The molecule has 0 saturated carbocycles. The fraction of sp³-hybridized carbons (Fsp3) is 0.571. The van der Waals surface area contributed by atoms with Gasteiger partial charge in [0, 0.05) is 29.7 Å². The maximum Gasteiger partial charge on any atom is 0.0558 e. The minimum atomic E-state index is 0.265. The van der Waals surface area contributed by atoms with Gasteiger partial charge < -0.3 is 10.0 Å². The van der Waals surface area contributed by atoms with Crippen LogP contribution in [-0.2, 0) is 0 Å². The highest BCUT2D eigenvalue weighted by Crippen LogP contribution is 2.39. The summed E-state index contributed by atoms with van der Waals surface area (Å²) in [5, 5.41) is 9.09. The van der Waals surface area contributed by atoms with E-state index in [0.29, 0.717) is 5.92 Å². The molecule has 0 radical (unpaired) electrons. The van der Waals surface area contributed by atoms with Crippen molar-refractivity contribution < 1.29 is 5.11 Å². The predicted octanol–water partition coefficient (Wildman–Crippen LogP) is 2.58. The van der Waals surface area contributed by atoms with Gasteiger partial charge in [-0.15, -0.1) is 11.8 Å². The SMILES string of the molecule is CCCN(CCO)CC1CSc2ccccc21. The highest BCUT2D eigenvalue weighted by Gasteiger charge is 2.24. The van der Waals surface area contributed by atoms with Crippen molar-refractivity contribution >= 4 is 11.8 Å². The van der Waals surface area contributed by atoms with Gasteiger partial charge in [-0.3, -0.25) is 0 Å². The van der Waals surface area contributed by atoms with Gasteiger partial charge in [-0.25, -0.2) is 0 Å².